The van der Waals surface area contributed by atoms with E-state index in [4.69, 9.17) is 0 Å². The Labute approximate surface area is 97.3 Å². The predicted molar refractivity (Wildman–Crippen MR) is 63.2 cm³/mol. The van der Waals surface area contributed by atoms with Gasteiger partial charge in [-0.2, -0.15) is 0 Å². The Morgan fingerprint density at radius 2 is 2.00 bits per heavy atom. The first kappa shape index (κ1) is 12.5. The van der Waals surface area contributed by atoms with Crippen molar-refractivity contribution in [3.8, 4) is 0 Å². The highest BCUT2D eigenvalue weighted by Crippen LogP contribution is 2.25. The summed E-state index contributed by atoms with van der Waals surface area (Å²) in [6, 6.07) is 0. The number of hydrogen-bond acceptors (Lipinski definition) is 2. The molecule has 0 aromatic carbocycles. The van der Waals surface area contributed by atoms with Gasteiger partial charge in [0.05, 0.1) is 0 Å². The summed E-state index contributed by atoms with van der Waals surface area (Å²) in [6.07, 6.45) is 6.47. The summed E-state index contributed by atoms with van der Waals surface area (Å²) in [7, 11) is 0. The van der Waals surface area contributed by atoms with Gasteiger partial charge in [-0.3, -0.25) is 4.79 Å². The molecule has 0 aromatic rings. The maximum atomic E-state index is 11.8. The number of carbonyl (C=O) groups is 1. The Kier molecular flexibility index (Phi) is 5.12. The van der Waals surface area contributed by atoms with E-state index in [2.05, 4.69) is 5.32 Å². The van der Waals surface area contributed by atoms with E-state index in [0.717, 1.165) is 45.4 Å². The number of nitrogens with zero attached hydrogens (tertiary/aromatic N) is 1. The lowest BCUT2D eigenvalue weighted by molar-refractivity contribution is -0.125. The van der Waals surface area contributed by atoms with Crippen molar-refractivity contribution in [2.75, 3.05) is 26.2 Å². The molecule has 1 aliphatic heterocycles. The van der Waals surface area contributed by atoms with Crippen molar-refractivity contribution in [2.24, 2.45) is 0 Å². The van der Waals surface area contributed by atoms with Gasteiger partial charge in [0.2, 0.25) is 5.91 Å². The molecule has 2 fully saturated rings. The molecule has 1 saturated carbocycles. The molecule has 0 unspecified atom stereocenters. The van der Waals surface area contributed by atoms with E-state index in [1.807, 2.05) is 11.0 Å². The minimum atomic E-state index is 0. The fourth-order valence-electron chi connectivity index (χ4n) is 1.86. The normalized spacial score (nSPS) is 21.1. The van der Waals surface area contributed by atoms with E-state index in [0.29, 0.717) is 0 Å². The third kappa shape index (κ3) is 3.50. The molecule has 15 heavy (non-hydrogen) atoms. The number of nitrogens with one attached hydrogen (secondary N) is 1. The highest BCUT2D eigenvalue weighted by Gasteiger charge is 2.16. The minimum Gasteiger partial charge on any atom is -0.338 e. The van der Waals surface area contributed by atoms with Crippen LogP contribution in [0.1, 0.15) is 25.7 Å². The van der Waals surface area contributed by atoms with Gasteiger partial charge in [-0.15, -0.1) is 12.4 Å². The first-order chi connectivity index (χ1) is 6.86. The SMILES string of the molecule is Cl.O=C(C=C1CCC1)N1CCCNCC1. The molecule has 3 nitrogen and oxygen atoms in total. The van der Waals surface area contributed by atoms with Gasteiger partial charge in [0.15, 0.2) is 0 Å². The second kappa shape index (κ2) is 6.13. The van der Waals surface area contributed by atoms with Crippen molar-refractivity contribution >= 4 is 18.3 Å². The van der Waals surface area contributed by atoms with E-state index >= 15 is 0 Å². The summed E-state index contributed by atoms with van der Waals surface area (Å²) in [5, 5.41) is 3.30. The quantitative estimate of drug-likeness (QED) is 0.690. The van der Waals surface area contributed by atoms with Crippen LogP contribution in [0.15, 0.2) is 11.6 Å². The molecule has 4 heteroatoms. The summed E-state index contributed by atoms with van der Waals surface area (Å²) in [6.45, 7) is 3.76. The monoisotopic (exact) mass is 230 g/mol. The smallest absolute Gasteiger partial charge is 0.246 e. The Balaban J connectivity index is 0.00000112. The summed E-state index contributed by atoms with van der Waals surface area (Å²) in [5.74, 6) is 0.225. The van der Waals surface area contributed by atoms with Crippen molar-refractivity contribution in [3.05, 3.63) is 11.6 Å². The molecule has 2 aliphatic rings. The molecule has 2 rings (SSSR count). The van der Waals surface area contributed by atoms with Crippen LogP contribution in [-0.4, -0.2) is 37.0 Å². The van der Waals surface area contributed by atoms with E-state index < -0.39 is 0 Å². The van der Waals surface area contributed by atoms with Crippen LogP contribution in [0.25, 0.3) is 0 Å². The van der Waals surface area contributed by atoms with Crippen molar-refractivity contribution in [1.29, 1.82) is 0 Å². The van der Waals surface area contributed by atoms with Crippen molar-refractivity contribution < 1.29 is 4.79 Å². The average molecular weight is 231 g/mol. The van der Waals surface area contributed by atoms with Gasteiger partial charge in [0.1, 0.15) is 0 Å². The largest absolute Gasteiger partial charge is 0.338 e. The van der Waals surface area contributed by atoms with Crippen LogP contribution in [0.2, 0.25) is 0 Å². The van der Waals surface area contributed by atoms with Gasteiger partial charge in [-0.05, 0) is 32.2 Å². The second-order valence-electron chi connectivity index (χ2n) is 4.08. The third-order valence-corrected chi connectivity index (χ3v) is 2.98. The van der Waals surface area contributed by atoms with Gasteiger partial charge in [0.25, 0.3) is 0 Å². The van der Waals surface area contributed by atoms with Gasteiger partial charge in [0, 0.05) is 25.7 Å². The van der Waals surface area contributed by atoms with Gasteiger partial charge >= 0.3 is 0 Å². The molecule has 0 atom stereocenters. The van der Waals surface area contributed by atoms with E-state index in [1.54, 1.807) is 0 Å². The fraction of sp³-hybridized carbons (Fsp3) is 0.727. The molecule has 1 saturated heterocycles. The average Bonchev–Trinajstić information content (AvgIpc) is 2.38. The molecular formula is C11H19ClN2O. The van der Waals surface area contributed by atoms with Crippen LogP contribution >= 0.6 is 12.4 Å². The van der Waals surface area contributed by atoms with Gasteiger partial charge < -0.3 is 10.2 Å². The molecule has 1 heterocycles. The molecule has 86 valence electrons. The lowest BCUT2D eigenvalue weighted by atomic mass is 9.92. The molecule has 1 aliphatic carbocycles. The maximum Gasteiger partial charge on any atom is 0.246 e. The first-order valence-corrected chi connectivity index (χ1v) is 5.55. The van der Waals surface area contributed by atoms with Gasteiger partial charge in [-0.1, -0.05) is 5.57 Å². The molecular weight excluding hydrogens is 212 g/mol. The van der Waals surface area contributed by atoms with Crippen molar-refractivity contribution in [1.82, 2.24) is 10.2 Å². The van der Waals surface area contributed by atoms with E-state index in [1.165, 1.54) is 12.0 Å². The fourth-order valence-corrected chi connectivity index (χ4v) is 1.86. The Bertz CT molecular complexity index is 239. The number of allylic oxidation sites excluding steroid dienone is 1. The molecule has 0 bridgehead atoms. The van der Waals surface area contributed by atoms with Gasteiger partial charge in [-0.25, -0.2) is 0 Å². The van der Waals surface area contributed by atoms with E-state index in [9.17, 15) is 4.79 Å². The molecule has 0 radical (unpaired) electrons. The van der Waals surface area contributed by atoms with Crippen molar-refractivity contribution in [2.45, 2.75) is 25.7 Å². The lowest BCUT2D eigenvalue weighted by Crippen LogP contribution is -2.33. The van der Waals surface area contributed by atoms with Crippen LogP contribution in [0, 0.1) is 0 Å². The topological polar surface area (TPSA) is 32.3 Å². The first-order valence-electron chi connectivity index (χ1n) is 5.55. The van der Waals surface area contributed by atoms with Crippen LogP contribution < -0.4 is 5.32 Å². The summed E-state index contributed by atoms with van der Waals surface area (Å²) >= 11 is 0. The minimum absolute atomic E-state index is 0. The summed E-state index contributed by atoms with van der Waals surface area (Å²) in [4.78, 5) is 13.7. The second-order valence-corrected chi connectivity index (χ2v) is 4.08. The summed E-state index contributed by atoms with van der Waals surface area (Å²) in [5.41, 5.74) is 1.34. The summed E-state index contributed by atoms with van der Waals surface area (Å²) < 4.78 is 0. The third-order valence-electron chi connectivity index (χ3n) is 2.98. The van der Waals surface area contributed by atoms with Crippen molar-refractivity contribution in [3.63, 3.8) is 0 Å². The lowest BCUT2D eigenvalue weighted by Gasteiger charge is -2.21. The zero-order valence-corrected chi connectivity index (χ0v) is 9.81. The van der Waals surface area contributed by atoms with Crippen LogP contribution in [0.4, 0.5) is 0 Å². The standard InChI is InChI=1S/C11H18N2O.ClH/c14-11(9-10-3-1-4-10)13-7-2-5-12-6-8-13;/h9,12H,1-8H2;1H. The number of amides is 1. The Hall–Kier alpha value is -0.540. The zero-order valence-electron chi connectivity index (χ0n) is 9.00. The molecule has 1 amide bonds. The maximum absolute atomic E-state index is 11.8. The van der Waals surface area contributed by atoms with Crippen LogP contribution in [0.3, 0.4) is 0 Å². The molecule has 0 aromatic heterocycles. The predicted octanol–water partition coefficient (Wildman–Crippen LogP) is 1.34. The van der Waals surface area contributed by atoms with Crippen LogP contribution in [0.5, 0.6) is 0 Å². The zero-order chi connectivity index (χ0) is 9.80. The number of carbonyl (C=O) groups excluding carboxylic acids is 1. The Morgan fingerprint density at radius 3 is 2.67 bits per heavy atom. The molecule has 1 N–H and O–H groups in total. The van der Waals surface area contributed by atoms with E-state index in [-0.39, 0.29) is 18.3 Å². The Morgan fingerprint density at radius 1 is 1.20 bits per heavy atom. The number of hydrogen-bond donors (Lipinski definition) is 1. The highest BCUT2D eigenvalue weighted by molar-refractivity contribution is 5.88. The molecule has 0 spiro atoms. The van der Waals surface area contributed by atoms with Crippen LogP contribution in [-0.2, 0) is 4.79 Å². The number of rotatable bonds is 1. The highest BCUT2D eigenvalue weighted by atomic mass is 35.5. The number of halogens is 1.